The van der Waals surface area contributed by atoms with Crippen molar-refractivity contribution in [3.63, 3.8) is 0 Å². The standard InChI is InChI=1S/C12H17N3/c1-8(2)11-6-9(3)4-5-10(11)12(14)15-7-13/h4-8H,1-3H3,(H3,13,14,15). The lowest BCUT2D eigenvalue weighted by atomic mass is 9.95. The number of nitrogens with one attached hydrogen (secondary N) is 1. The molecule has 1 aromatic rings. The van der Waals surface area contributed by atoms with Crippen molar-refractivity contribution in [2.24, 2.45) is 10.7 Å². The quantitative estimate of drug-likeness (QED) is 0.575. The van der Waals surface area contributed by atoms with Crippen molar-refractivity contribution >= 4 is 12.2 Å². The predicted octanol–water partition coefficient (Wildman–Crippen LogP) is 2.43. The van der Waals surface area contributed by atoms with Crippen LogP contribution in [-0.2, 0) is 0 Å². The lowest BCUT2D eigenvalue weighted by Crippen LogP contribution is -2.16. The molecule has 0 saturated carbocycles. The molecule has 1 aromatic carbocycles. The second kappa shape index (κ2) is 4.73. The molecule has 0 saturated heterocycles. The van der Waals surface area contributed by atoms with Crippen molar-refractivity contribution in [3.05, 3.63) is 34.9 Å². The van der Waals surface area contributed by atoms with Gasteiger partial charge in [-0.05, 0) is 18.4 Å². The first-order chi connectivity index (χ1) is 7.06. The van der Waals surface area contributed by atoms with Gasteiger partial charge >= 0.3 is 0 Å². The zero-order valence-corrected chi connectivity index (χ0v) is 9.41. The molecule has 0 aliphatic rings. The van der Waals surface area contributed by atoms with Crippen LogP contribution in [0.5, 0.6) is 0 Å². The summed E-state index contributed by atoms with van der Waals surface area (Å²) in [7, 11) is 0. The van der Waals surface area contributed by atoms with E-state index < -0.39 is 0 Å². The zero-order valence-electron chi connectivity index (χ0n) is 9.41. The third-order valence-electron chi connectivity index (χ3n) is 2.31. The predicted molar refractivity (Wildman–Crippen MR) is 64.8 cm³/mol. The number of hydrogen-bond donors (Lipinski definition) is 2. The molecule has 0 atom stereocenters. The highest BCUT2D eigenvalue weighted by Gasteiger charge is 2.09. The molecule has 3 N–H and O–H groups in total. The van der Waals surface area contributed by atoms with E-state index in [9.17, 15) is 0 Å². The molecule has 0 aliphatic carbocycles. The number of nitrogens with two attached hydrogens (primary N) is 1. The minimum atomic E-state index is 0.402. The van der Waals surface area contributed by atoms with Gasteiger partial charge in [0.05, 0.1) is 0 Å². The first-order valence-electron chi connectivity index (χ1n) is 4.99. The third kappa shape index (κ3) is 2.65. The Morgan fingerprint density at radius 3 is 2.67 bits per heavy atom. The van der Waals surface area contributed by atoms with Gasteiger partial charge in [-0.15, -0.1) is 0 Å². The SMILES string of the molecule is Cc1ccc(C(N)=NC=N)c(C(C)C)c1. The molecule has 0 bridgehead atoms. The molecule has 0 radical (unpaired) electrons. The van der Waals surface area contributed by atoms with Gasteiger partial charge in [0, 0.05) is 5.56 Å². The van der Waals surface area contributed by atoms with E-state index in [1.54, 1.807) is 0 Å². The monoisotopic (exact) mass is 203 g/mol. The highest BCUT2D eigenvalue weighted by atomic mass is 14.9. The van der Waals surface area contributed by atoms with Crippen molar-refractivity contribution in [3.8, 4) is 0 Å². The van der Waals surface area contributed by atoms with Gasteiger partial charge in [-0.25, -0.2) is 4.99 Å². The molecule has 3 nitrogen and oxygen atoms in total. The molecule has 3 heteroatoms. The van der Waals surface area contributed by atoms with Gasteiger partial charge < -0.3 is 5.73 Å². The minimum absolute atomic E-state index is 0.402. The van der Waals surface area contributed by atoms with Crippen LogP contribution in [0.3, 0.4) is 0 Å². The van der Waals surface area contributed by atoms with Gasteiger partial charge in [0.15, 0.2) is 0 Å². The Morgan fingerprint density at radius 1 is 1.47 bits per heavy atom. The molecular weight excluding hydrogens is 186 g/mol. The van der Waals surface area contributed by atoms with Gasteiger partial charge in [-0.1, -0.05) is 37.6 Å². The molecule has 0 amide bonds. The minimum Gasteiger partial charge on any atom is -0.383 e. The number of aryl methyl sites for hydroxylation is 1. The molecule has 0 aliphatic heterocycles. The topological polar surface area (TPSA) is 62.2 Å². The Hall–Kier alpha value is -1.64. The van der Waals surface area contributed by atoms with E-state index in [0.717, 1.165) is 11.9 Å². The summed E-state index contributed by atoms with van der Waals surface area (Å²) in [4.78, 5) is 3.80. The Balaban J connectivity index is 3.28. The maximum Gasteiger partial charge on any atom is 0.132 e. The van der Waals surface area contributed by atoms with Gasteiger partial charge in [0.25, 0.3) is 0 Å². The van der Waals surface area contributed by atoms with Crippen molar-refractivity contribution in [1.29, 1.82) is 5.41 Å². The second-order valence-electron chi connectivity index (χ2n) is 3.89. The van der Waals surface area contributed by atoms with E-state index in [4.69, 9.17) is 11.1 Å². The van der Waals surface area contributed by atoms with Crippen LogP contribution in [0.4, 0.5) is 0 Å². The summed E-state index contributed by atoms with van der Waals surface area (Å²) < 4.78 is 0. The molecule has 0 heterocycles. The molecule has 0 fully saturated rings. The Kier molecular flexibility index (Phi) is 3.61. The molecule has 0 spiro atoms. The lowest BCUT2D eigenvalue weighted by molar-refractivity contribution is 0.862. The highest BCUT2D eigenvalue weighted by molar-refractivity contribution is 6.02. The fraction of sp³-hybridized carbons (Fsp3) is 0.333. The maximum atomic E-state index is 6.91. The second-order valence-corrected chi connectivity index (χ2v) is 3.89. The smallest absolute Gasteiger partial charge is 0.132 e. The molecular formula is C12H17N3. The van der Waals surface area contributed by atoms with E-state index in [2.05, 4.69) is 31.8 Å². The van der Waals surface area contributed by atoms with Crippen LogP contribution in [0.1, 0.15) is 36.5 Å². The van der Waals surface area contributed by atoms with Gasteiger partial charge in [-0.3, -0.25) is 5.41 Å². The van der Waals surface area contributed by atoms with Gasteiger partial charge in [0.1, 0.15) is 12.2 Å². The summed E-state index contributed by atoms with van der Waals surface area (Å²) in [5.74, 6) is 0.813. The summed E-state index contributed by atoms with van der Waals surface area (Å²) in [5, 5.41) is 6.91. The highest BCUT2D eigenvalue weighted by Crippen LogP contribution is 2.20. The summed E-state index contributed by atoms with van der Waals surface area (Å²) in [6.45, 7) is 6.30. The van der Waals surface area contributed by atoms with E-state index in [-0.39, 0.29) is 0 Å². The van der Waals surface area contributed by atoms with Crippen molar-refractivity contribution < 1.29 is 0 Å². The summed E-state index contributed by atoms with van der Waals surface area (Å²) in [5.41, 5.74) is 9.11. The normalized spacial score (nSPS) is 11.9. The Labute approximate surface area is 90.5 Å². The van der Waals surface area contributed by atoms with E-state index in [1.807, 2.05) is 12.1 Å². The first-order valence-corrected chi connectivity index (χ1v) is 4.99. The van der Waals surface area contributed by atoms with E-state index in [0.29, 0.717) is 11.8 Å². The number of amidine groups is 1. The Morgan fingerprint density at radius 2 is 2.13 bits per heavy atom. The first kappa shape index (κ1) is 11.4. The van der Waals surface area contributed by atoms with Crippen LogP contribution in [-0.4, -0.2) is 12.2 Å². The van der Waals surface area contributed by atoms with Crippen LogP contribution in [0, 0.1) is 12.3 Å². The fourth-order valence-electron chi connectivity index (χ4n) is 1.53. The van der Waals surface area contributed by atoms with Gasteiger partial charge in [-0.2, -0.15) is 0 Å². The van der Waals surface area contributed by atoms with E-state index >= 15 is 0 Å². The molecule has 80 valence electrons. The maximum absolute atomic E-state index is 6.91. The number of aliphatic imine (C=N–C) groups is 1. The molecule has 15 heavy (non-hydrogen) atoms. The Bertz CT molecular complexity index is 392. The zero-order chi connectivity index (χ0) is 11.4. The lowest BCUT2D eigenvalue weighted by Gasteiger charge is -2.12. The van der Waals surface area contributed by atoms with Crippen LogP contribution in [0.25, 0.3) is 0 Å². The van der Waals surface area contributed by atoms with Gasteiger partial charge in [0.2, 0.25) is 0 Å². The van der Waals surface area contributed by atoms with Crippen LogP contribution < -0.4 is 5.73 Å². The van der Waals surface area contributed by atoms with E-state index in [1.165, 1.54) is 11.1 Å². The van der Waals surface area contributed by atoms with Crippen molar-refractivity contribution in [2.75, 3.05) is 0 Å². The molecule has 0 aromatic heterocycles. The summed E-state index contributed by atoms with van der Waals surface area (Å²) >= 11 is 0. The number of benzene rings is 1. The average molecular weight is 203 g/mol. The largest absolute Gasteiger partial charge is 0.383 e. The molecule has 0 unspecified atom stereocenters. The van der Waals surface area contributed by atoms with Crippen LogP contribution in [0.15, 0.2) is 23.2 Å². The third-order valence-corrected chi connectivity index (χ3v) is 2.31. The number of hydrogen-bond acceptors (Lipinski definition) is 1. The van der Waals surface area contributed by atoms with Crippen molar-refractivity contribution in [2.45, 2.75) is 26.7 Å². The fourth-order valence-corrected chi connectivity index (χ4v) is 1.53. The van der Waals surface area contributed by atoms with Crippen LogP contribution in [0.2, 0.25) is 0 Å². The van der Waals surface area contributed by atoms with Crippen LogP contribution >= 0.6 is 0 Å². The number of rotatable bonds is 3. The van der Waals surface area contributed by atoms with Crippen molar-refractivity contribution in [1.82, 2.24) is 0 Å². The summed E-state index contributed by atoms with van der Waals surface area (Å²) in [6, 6.07) is 6.09. The summed E-state index contributed by atoms with van der Waals surface area (Å²) in [6.07, 6.45) is 0.972. The number of nitrogens with zero attached hydrogens (tertiary/aromatic N) is 1. The average Bonchev–Trinajstić information content (AvgIpc) is 2.17. The molecule has 1 rings (SSSR count).